The van der Waals surface area contributed by atoms with E-state index in [0.717, 1.165) is 34.7 Å². The number of H-pyrrole nitrogens is 1. The minimum atomic E-state index is -0.106. The number of hydrogen-bond acceptors (Lipinski definition) is 7. The summed E-state index contributed by atoms with van der Waals surface area (Å²) in [5, 5.41) is 11.5. The van der Waals surface area contributed by atoms with Crippen LogP contribution in [0.5, 0.6) is 11.5 Å². The van der Waals surface area contributed by atoms with Crippen molar-refractivity contribution in [1.82, 2.24) is 25.2 Å². The van der Waals surface area contributed by atoms with E-state index in [9.17, 15) is 4.79 Å². The van der Waals surface area contributed by atoms with E-state index in [0.29, 0.717) is 50.1 Å². The van der Waals surface area contributed by atoms with Crippen LogP contribution in [0.1, 0.15) is 37.6 Å². The van der Waals surface area contributed by atoms with Gasteiger partial charge in [-0.2, -0.15) is 10.1 Å². The maximum atomic E-state index is 12.7. The first-order chi connectivity index (χ1) is 17.6. The summed E-state index contributed by atoms with van der Waals surface area (Å²) >= 11 is 0. The SMILES string of the molecule is CCOc1ccc(CCN2CC(c3noc(-c4cc(-c5ccccc5)n[nH]4)n3)CC2=O)cc1OCC. The highest BCUT2D eigenvalue weighted by Crippen LogP contribution is 2.31. The first-order valence-corrected chi connectivity index (χ1v) is 12.3. The molecule has 1 saturated heterocycles. The molecule has 1 aliphatic heterocycles. The van der Waals surface area contributed by atoms with Gasteiger partial charge >= 0.3 is 0 Å². The first kappa shape index (κ1) is 23.6. The van der Waals surface area contributed by atoms with E-state index in [2.05, 4.69) is 20.3 Å². The van der Waals surface area contributed by atoms with Crippen LogP contribution in [0.3, 0.4) is 0 Å². The zero-order chi connectivity index (χ0) is 24.9. The van der Waals surface area contributed by atoms with Crippen molar-refractivity contribution < 1.29 is 18.8 Å². The molecule has 9 nitrogen and oxygen atoms in total. The molecule has 5 rings (SSSR count). The Balaban J connectivity index is 1.22. The summed E-state index contributed by atoms with van der Waals surface area (Å²) in [6.07, 6.45) is 1.09. The summed E-state index contributed by atoms with van der Waals surface area (Å²) in [5.74, 6) is 2.36. The minimum Gasteiger partial charge on any atom is -0.490 e. The second kappa shape index (κ2) is 10.6. The summed E-state index contributed by atoms with van der Waals surface area (Å²) in [6, 6.07) is 17.7. The van der Waals surface area contributed by atoms with Crippen molar-refractivity contribution in [2.24, 2.45) is 0 Å². The highest BCUT2D eigenvalue weighted by molar-refractivity contribution is 5.79. The first-order valence-electron chi connectivity index (χ1n) is 12.3. The Kier molecular flexibility index (Phi) is 6.97. The van der Waals surface area contributed by atoms with Crippen LogP contribution in [0.4, 0.5) is 0 Å². The average molecular weight is 488 g/mol. The number of carbonyl (C=O) groups excluding carboxylic acids is 1. The molecule has 1 fully saturated rings. The maximum Gasteiger partial charge on any atom is 0.275 e. The van der Waals surface area contributed by atoms with Crippen LogP contribution in [-0.4, -0.2) is 57.4 Å². The lowest BCUT2D eigenvalue weighted by molar-refractivity contribution is -0.127. The summed E-state index contributed by atoms with van der Waals surface area (Å²) in [4.78, 5) is 19.1. The van der Waals surface area contributed by atoms with Crippen LogP contribution in [-0.2, 0) is 11.2 Å². The van der Waals surface area contributed by atoms with Crippen molar-refractivity contribution in [3.63, 3.8) is 0 Å². The van der Waals surface area contributed by atoms with Crippen molar-refractivity contribution in [2.45, 2.75) is 32.6 Å². The van der Waals surface area contributed by atoms with E-state index in [-0.39, 0.29) is 11.8 Å². The van der Waals surface area contributed by atoms with E-state index in [1.165, 1.54) is 0 Å². The van der Waals surface area contributed by atoms with Crippen molar-refractivity contribution in [3.8, 4) is 34.3 Å². The Morgan fingerprint density at radius 3 is 2.67 bits per heavy atom. The van der Waals surface area contributed by atoms with Crippen molar-refractivity contribution >= 4 is 5.91 Å². The lowest BCUT2D eigenvalue weighted by atomic mass is 10.1. The standard InChI is InChI=1S/C27H29N5O4/c1-3-34-23-11-10-18(14-24(23)35-4-2)12-13-32-17-20(15-25(32)33)26-28-27(36-31-26)22-16-21(29-30-22)19-8-6-5-7-9-19/h5-11,14,16,20H,3-4,12-13,15,17H2,1-2H3,(H,29,30). The molecule has 2 aromatic heterocycles. The molecule has 2 aromatic carbocycles. The summed E-state index contributed by atoms with van der Waals surface area (Å²) in [5.41, 5.74) is 3.54. The third kappa shape index (κ3) is 5.10. The molecular weight excluding hydrogens is 458 g/mol. The van der Waals surface area contributed by atoms with E-state index in [1.54, 1.807) is 0 Å². The van der Waals surface area contributed by atoms with Crippen molar-refractivity contribution in [2.75, 3.05) is 26.3 Å². The Bertz CT molecular complexity index is 1320. The molecule has 3 heterocycles. The number of aromatic nitrogens is 4. The fourth-order valence-electron chi connectivity index (χ4n) is 4.37. The van der Waals surface area contributed by atoms with Gasteiger partial charge in [0, 0.05) is 31.0 Å². The Morgan fingerprint density at radius 2 is 1.86 bits per heavy atom. The van der Waals surface area contributed by atoms with E-state index >= 15 is 0 Å². The normalized spacial score (nSPS) is 15.4. The zero-order valence-electron chi connectivity index (χ0n) is 20.4. The van der Waals surface area contributed by atoms with Gasteiger partial charge in [-0.1, -0.05) is 41.6 Å². The van der Waals surface area contributed by atoms with Gasteiger partial charge in [-0.05, 0) is 44.0 Å². The zero-order valence-corrected chi connectivity index (χ0v) is 20.4. The molecule has 0 aliphatic carbocycles. The quantitative estimate of drug-likeness (QED) is 0.351. The Morgan fingerprint density at radius 1 is 1.06 bits per heavy atom. The van der Waals surface area contributed by atoms with E-state index < -0.39 is 0 Å². The number of ether oxygens (including phenoxy) is 2. The molecule has 0 saturated carbocycles. The Labute approximate surface area is 209 Å². The van der Waals surface area contributed by atoms with Gasteiger partial charge in [0.05, 0.1) is 18.9 Å². The third-order valence-electron chi connectivity index (χ3n) is 6.18. The molecule has 36 heavy (non-hydrogen) atoms. The predicted octanol–water partition coefficient (Wildman–Crippen LogP) is 4.48. The van der Waals surface area contributed by atoms with Crippen LogP contribution in [0.15, 0.2) is 59.1 Å². The Hall–Kier alpha value is -4.14. The van der Waals surface area contributed by atoms with Gasteiger partial charge in [-0.25, -0.2) is 0 Å². The van der Waals surface area contributed by atoms with Gasteiger partial charge in [0.2, 0.25) is 5.91 Å². The molecule has 1 atom stereocenters. The molecule has 1 unspecified atom stereocenters. The summed E-state index contributed by atoms with van der Waals surface area (Å²) < 4.78 is 16.9. The lowest BCUT2D eigenvalue weighted by Gasteiger charge is -2.17. The molecule has 4 aromatic rings. The molecule has 9 heteroatoms. The number of aromatic amines is 1. The van der Waals surface area contributed by atoms with Gasteiger partial charge in [-0.15, -0.1) is 0 Å². The number of carbonyl (C=O) groups is 1. The molecule has 1 aliphatic rings. The molecule has 186 valence electrons. The number of likely N-dealkylation sites (tertiary alicyclic amines) is 1. The van der Waals surface area contributed by atoms with Crippen LogP contribution < -0.4 is 9.47 Å². The van der Waals surface area contributed by atoms with Crippen LogP contribution in [0, 0.1) is 0 Å². The largest absolute Gasteiger partial charge is 0.490 e. The van der Waals surface area contributed by atoms with Crippen LogP contribution in [0.25, 0.3) is 22.8 Å². The number of nitrogens with one attached hydrogen (secondary N) is 1. The molecule has 0 bridgehead atoms. The molecule has 1 N–H and O–H groups in total. The maximum absolute atomic E-state index is 12.7. The number of hydrogen-bond donors (Lipinski definition) is 1. The fourth-order valence-corrected chi connectivity index (χ4v) is 4.37. The van der Waals surface area contributed by atoms with Gasteiger partial charge in [0.25, 0.3) is 5.89 Å². The number of amides is 1. The predicted molar refractivity (Wildman–Crippen MR) is 134 cm³/mol. The third-order valence-corrected chi connectivity index (χ3v) is 6.18. The number of nitrogens with zero attached hydrogens (tertiary/aromatic N) is 4. The highest BCUT2D eigenvalue weighted by atomic mass is 16.5. The van der Waals surface area contributed by atoms with E-state index in [4.69, 9.17) is 14.0 Å². The van der Waals surface area contributed by atoms with Gasteiger partial charge in [0.15, 0.2) is 17.3 Å². The minimum absolute atomic E-state index is 0.0928. The second-order valence-electron chi connectivity index (χ2n) is 8.63. The van der Waals surface area contributed by atoms with Gasteiger partial charge in [-0.3, -0.25) is 9.89 Å². The van der Waals surface area contributed by atoms with Crippen LogP contribution in [0.2, 0.25) is 0 Å². The topological polar surface area (TPSA) is 106 Å². The van der Waals surface area contributed by atoms with E-state index in [1.807, 2.05) is 73.3 Å². The molecular formula is C27H29N5O4. The smallest absolute Gasteiger partial charge is 0.275 e. The van der Waals surface area contributed by atoms with Gasteiger partial charge in [0.1, 0.15) is 5.69 Å². The number of benzene rings is 2. The lowest BCUT2D eigenvalue weighted by Crippen LogP contribution is -2.27. The molecule has 0 radical (unpaired) electrons. The van der Waals surface area contributed by atoms with Crippen LogP contribution >= 0.6 is 0 Å². The van der Waals surface area contributed by atoms with Gasteiger partial charge < -0.3 is 18.9 Å². The summed E-state index contributed by atoms with van der Waals surface area (Å²) in [7, 11) is 0. The fraction of sp³-hybridized carbons (Fsp3) is 0.333. The van der Waals surface area contributed by atoms with Crippen molar-refractivity contribution in [1.29, 1.82) is 0 Å². The monoisotopic (exact) mass is 487 g/mol. The average Bonchev–Trinajstić information content (AvgIpc) is 3.65. The molecule has 1 amide bonds. The second-order valence-corrected chi connectivity index (χ2v) is 8.63. The highest BCUT2D eigenvalue weighted by Gasteiger charge is 2.33. The van der Waals surface area contributed by atoms with Crippen molar-refractivity contribution in [3.05, 3.63) is 66.0 Å². The summed E-state index contributed by atoms with van der Waals surface area (Å²) in [6.45, 7) is 6.21. The molecule has 0 spiro atoms. The number of rotatable bonds is 10.